The normalized spacial score (nSPS) is 11.7. The molecule has 0 bridgehead atoms. The first-order chi connectivity index (χ1) is 7.91. The lowest BCUT2D eigenvalue weighted by molar-refractivity contribution is 0.0857. The molecule has 1 aliphatic carbocycles. The largest absolute Gasteiger partial charge is 0.422 e. The van der Waals surface area contributed by atoms with E-state index in [9.17, 15) is 9.59 Å². The van der Waals surface area contributed by atoms with Gasteiger partial charge in [-0.25, -0.2) is 4.79 Å². The number of rotatable bonds is 1. The van der Waals surface area contributed by atoms with Crippen LogP contribution in [0.25, 0.3) is 11.3 Å². The van der Waals surface area contributed by atoms with Crippen molar-refractivity contribution in [3.8, 4) is 11.3 Å². The average Bonchev–Trinajstić information content (AvgIpc) is 2.40. The molecule has 0 atom stereocenters. The van der Waals surface area contributed by atoms with Crippen molar-refractivity contribution in [1.82, 2.24) is 0 Å². The summed E-state index contributed by atoms with van der Waals surface area (Å²) >= 11 is 0. The van der Waals surface area contributed by atoms with Crippen molar-refractivity contribution in [2.75, 3.05) is 0 Å². The molecule has 3 heteroatoms. The van der Waals surface area contributed by atoms with Crippen LogP contribution in [0.3, 0.4) is 0 Å². The molecule has 0 aromatic rings. The topological polar surface area (TPSA) is 47.3 Å². The summed E-state index contributed by atoms with van der Waals surface area (Å²) in [6.07, 6.45) is 0. The van der Waals surface area contributed by atoms with E-state index < -0.39 is 11.0 Å². The van der Waals surface area contributed by atoms with Crippen LogP contribution in [-0.2, 0) is 0 Å². The van der Waals surface area contributed by atoms with Crippen molar-refractivity contribution >= 4 is 5.78 Å². The van der Waals surface area contributed by atoms with Gasteiger partial charge in [0.1, 0.15) is 11.3 Å². The van der Waals surface area contributed by atoms with E-state index in [0.717, 1.165) is 0 Å². The zero-order valence-corrected chi connectivity index (χ0v) is 10.1. The van der Waals surface area contributed by atoms with Crippen LogP contribution in [0.2, 0.25) is 0 Å². The van der Waals surface area contributed by atoms with Gasteiger partial charge in [-0.05, 0) is 6.07 Å². The van der Waals surface area contributed by atoms with E-state index in [-0.39, 0.29) is 11.3 Å². The van der Waals surface area contributed by atoms with Crippen LogP contribution >= 0.6 is 0 Å². The highest BCUT2D eigenvalue weighted by atomic mass is 16.4. The Balaban J connectivity index is 2.70. The van der Waals surface area contributed by atoms with E-state index in [1.165, 1.54) is 0 Å². The Morgan fingerprint density at radius 1 is 1.12 bits per heavy atom. The first kappa shape index (κ1) is 11.6. The Bertz CT molecular complexity index is 587. The smallest absolute Gasteiger partial charge is 0.347 e. The Morgan fingerprint density at radius 2 is 1.76 bits per heavy atom. The molecule has 2 rings (SSSR count). The number of ketones is 1. The predicted octanol–water partition coefficient (Wildman–Crippen LogP) is 2.97. The fourth-order valence-corrected chi connectivity index (χ4v) is 1.68. The van der Waals surface area contributed by atoms with Crippen molar-refractivity contribution in [3.05, 3.63) is 46.3 Å². The van der Waals surface area contributed by atoms with Gasteiger partial charge in [-0.2, -0.15) is 0 Å². The lowest BCUT2D eigenvalue weighted by Gasteiger charge is -2.14. The number of hydrogen-bond donors (Lipinski definition) is 0. The van der Waals surface area contributed by atoms with Crippen molar-refractivity contribution in [2.45, 2.75) is 20.8 Å². The molecule has 0 saturated heterocycles. The quantitative estimate of drug-likeness (QED) is 0.707. The van der Waals surface area contributed by atoms with E-state index in [1.807, 2.05) is 6.07 Å². The number of hydrogen-bond acceptors (Lipinski definition) is 3. The standard InChI is InChI=1S/C14H14O3/c1-14(2,3)12(15)11-9-7-5-4-6-8-10(9)17-13(11)16/h4-8H,1-3H3. The minimum absolute atomic E-state index is 0.156. The van der Waals surface area contributed by atoms with Gasteiger partial charge in [-0.15, -0.1) is 0 Å². The van der Waals surface area contributed by atoms with Crippen molar-refractivity contribution in [2.24, 2.45) is 5.41 Å². The predicted molar refractivity (Wildman–Crippen MR) is 65.4 cm³/mol. The van der Waals surface area contributed by atoms with E-state index in [1.54, 1.807) is 45.0 Å². The summed E-state index contributed by atoms with van der Waals surface area (Å²) in [5, 5.41) is 0. The zero-order valence-electron chi connectivity index (χ0n) is 10.1. The van der Waals surface area contributed by atoms with Gasteiger partial charge in [0.2, 0.25) is 0 Å². The van der Waals surface area contributed by atoms with E-state index >= 15 is 0 Å². The highest BCUT2D eigenvalue weighted by molar-refractivity contribution is 6.04. The van der Waals surface area contributed by atoms with Gasteiger partial charge in [-0.1, -0.05) is 45.0 Å². The van der Waals surface area contributed by atoms with Crippen LogP contribution in [0.5, 0.6) is 0 Å². The highest BCUT2D eigenvalue weighted by Gasteiger charge is 2.30. The zero-order chi connectivity index (χ0) is 12.6. The third-order valence-corrected chi connectivity index (χ3v) is 2.58. The summed E-state index contributed by atoms with van der Waals surface area (Å²) in [7, 11) is 0. The molecule has 0 saturated carbocycles. The van der Waals surface area contributed by atoms with Gasteiger partial charge in [0.25, 0.3) is 0 Å². The summed E-state index contributed by atoms with van der Waals surface area (Å²) in [5.41, 5.74) is -0.403. The molecule has 0 spiro atoms. The lowest BCUT2D eigenvalue weighted by atomic mass is 9.86. The Hall–Kier alpha value is -1.90. The maximum Gasteiger partial charge on any atom is 0.347 e. The molecule has 0 N–H and O–H groups in total. The summed E-state index contributed by atoms with van der Waals surface area (Å²) < 4.78 is 5.10. The Morgan fingerprint density at radius 3 is 2.41 bits per heavy atom. The fraction of sp³-hybridized carbons (Fsp3) is 0.286. The summed E-state index contributed by atoms with van der Waals surface area (Å²) in [5.74, 6) is 0.264. The van der Waals surface area contributed by atoms with Gasteiger partial charge in [-0.3, -0.25) is 4.79 Å². The number of carbonyl (C=O) groups excluding carboxylic acids is 1. The third-order valence-electron chi connectivity index (χ3n) is 2.58. The molecule has 1 aliphatic heterocycles. The van der Waals surface area contributed by atoms with Gasteiger partial charge < -0.3 is 4.42 Å². The van der Waals surface area contributed by atoms with Gasteiger partial charge >= 0.3 is 5.63 Å². The number of fused-ring (bicyclic) bond motifs is 1. The second-order valence-electron chi connectivity index (χ2n) is 5.03. The van der Waals surface area contributed by atoms with Crippen LogP contribution < -0.4 is 5.63 Å². The molecule has 3 nitrogen and oxygen atoms in total. The molecule has 0 fully saturated rings. The summed E-state index contributed by atoms with van der Waals surface area (Å²) in [6, 6.07) is 8.81. The monoisotopic (exact) mass is 230 g/mol. The van der Waals surface area contributed by atoms with Crippen LogP contribution in [0.15, 0.2) is 39.5 Å². The Kier molecular flexibility index (Phi) is 2.62. The number of Topliss-reactive ketones (excluding diaryl/α,β-unsaturated/α-hetero) is 1. The molecular formula is C14H14O3. The second kappa shape index (κ2) is 3.84. The molecule has 17 heavy (non-hydrogen) atoms. The summed E-state index contributed by atoms with van der Waals surface area (Å²) in [6.45, 7) is 5.36. The Labute approximate surface area is 99.4 Å². The van der Waals surface area contributed by atoms with Crippen LogP contribution in [-0.4, -0.2) is 5.78 Å². The van der Waals surface area contributed by atoms with E-state index in [4.69, 9.17) is 4.42 Å². The minimum atomic E-state index is -0.593. The third kappa shape index (κ3) is 2.00. The molecule has 1 heterocycles. The molecule has 0 unspecified atom stereocenters. The molecule has 88 valence electrons. The van der Waals surface area contributed by atoms with E-state index in [2.05, 4.69) is 0 Å². The summed E-state index contributed by atoms with van der Waals surface area (Å²) in [4.78, 5) is 23.9. The molecule has 0 amide bonds. The first-order valence-electron chi connectivity index (χ1n) is 5.48. The van der Waals surface area contributed by atoms with Crippen LogP contribution in [0.4, 0.5) is 0 Å². The van der Waals surface area contributed by atoms with Crippen molar-refractivity contribution < 1.29 is 9.21 Å². The SMILES string of the molecule is CC(C)(C)C(=O)c1c2cccccc-2oc1=O. The first-order valence-corrected chi connectivity index (χ1v) is 5.48. The maximum absolute atomic E-state index is 12.2. The molecule has 2 aliphatic rings. The second-order valence-corrected chi connectivity index (χ2v) is 5.03. The minimum Gasteiger partial charge on any atom is -0.422 e. The molecule has 0 radical (unpaired) electrons. The van der Waals surface area contributed by atoms with Gasteiger partial charge in [0.05, 0.1) is 0 Å². The molecule has 0 aromatic heterocycles. The van der Waals surface area contributed by atoms with Crippen LogP contribution in [0.1, 0.15) is 31.1 Å². The van der Waals surface area contributed by atoms with Crippen molar-refractivity contribution in [1.29, 1.82) is 0 Å². The van der Waals surface area contributed by atoms with Gasteiger partial charge in [0, 0.05) is 11.0 Å². The number of furan rings is 1. The number of carbonyl (C=O) groups is 1. The average molecular weight is 230 g/mol. The highest BCUT2D eigenvalue weighted by Crippen LogP contribution is 2.28. The van der Waals surface area contributed by atoms with E-state index in [0.29, 0.717) is 11.3 Å². The fourth-order valence-electron chi connectivity index (χ4n) is 1.68. The van der Waals surface area contributed by atoms with Gasteiger partial charge in [0.15, 0.2) is 5.78 Å². The van der Waals surface area contributed by atoms with Crippen molar-refractivity contribution in [3.63, 3.8) is 0 Å². The van der Waals surface area contributed by atoms with Crippen LogP contribution in [0, 0.1) is 5.41 Å². The molecular weight excluding hydrogens is 216 g/mol. The molecule has 0 aromatic carbocycles. The lowest BCUT2D eigenvalue weighted by Crippen LogP contribution is -2.24. The maximum atomic E-state index is 12.2.